The van der Waals surface area contributed by atoms with Gasteiger partial charge in [-0.05, 0) is 5.41 Å². The van der Waals surface area contributed by atoms with Crippen molar-refractivity contribution < 1.29 is 0 Å². The molecule has 4 heteroatoms. The van der Waals surface area contributed by atoms with Crippen molar-refractivity contribution >= 4 is 11.6 Å². The number of rotatable bonds is 2. The Labute approximate surface area is 84.1 Å². The smallest absolute Gasteiger partial charge is 0.147 e. The van der Waals surface area contributed by atoms with E-state index in [0.717, 1.165) is 18.1 Å². The average Bonchev–Trinajstić information content (AvgIpc) is 2.30. The van der Waals surface area contributed by atoms with Crippen molar-refractivity contribution in [1.29, 1.82) is 0 Å². The molecule has 0 unspecified atom stereocenters. The third-order valence-electron chi connectivity index (χ3n) is 1.86. The van der Waals surface area contributed by atoms with Gasteiger partial charge in [-0.1, -0.05) is 20.8 Å². The molecule has 0 saturated carbocycles. The number of halogens is 1. The third kappa shape index (κ3) is 2.69. The first kappa shape index (κ1) is 10.5. The Morgan fingerprint density at radius 1 is 1.23 bits per heavy atom. The van der Waals surface area contributed by atoms with Gasteiger partial charge in [0.15, 0.2) is 0 Å². The summed E-state index contributed by atoms with van der Waals surface area (Å²) in [7, 11) is 1.96. The molecule has 0 aliphatic rings. The van der Waals surface area contributed by atoms with Crippen molar-refractivity contribution in [1.82, 2.24) is 14.8 Å². The fourth-order valence-corrected chi connectivity index (χ4v) is 1.38. The van der Waals surface area contributed by atoms with Gasteiger partial charge in [0.05, 0.1) is 5.88 Å². The predicted molar refractivity (Wildman–Crippen MR) is 53.7 cm³/mol. The molecule has 0 fully saturated rings. The van der Waals surface area contributed by atoms with Crippen LogP contribution in [0, 0.1) is 5.41 Å². The van der Waals surface area contributed by atoms with Crippen molar-refractivity contribution in [2.75, 3.05) is 0 Å². The molecule has 1 aromatic heterocycles. The number of hydrogen-bond donors (Lipinski definition) is 0. The Morgan fingerprint density at radius 2 is 1.77 bits per heavy atom. The summed E-state index contributed by atoms with van der Waals surface area (Å²) in [6, 6.07) is 0. The maximum Gasteiger partial charge on any atom is 0.147 e. The van der Waals surface area contributed by atoms with E-state index in [2.05, 4.69) is 31.0 Å². The molecule has 74 valence electrons. The molecule has 1 rings (SSSR count). The van der Waals surface area contributed by atoms with E-state index >= 15 is 0 Å². The summed E-state index contributed by atoms with van der Waals surface area (Å²) < 4.78 is 1.97. The fourth-order valence-electron chi connectivity index (χ4n) is 1.14. The lowest BCUT2D eigenvalue weighted by molar-refractivity contribution is 0.394. The van der Waals surface area contributed by atoms with E-state index in [1.807, 2.05) is 11.6 Å². The molecule has 3 nitrogen and oxygen atoms in total. The molecule has 0 aliphatic heterocycles. The largest absolute Gasteiger partial charge is 0.317 e. The molecule has 1 heterocycles. The van der Waals surface area contributed by atoms with Crippen LogP contribution < -0.4 is 0 Å². The highest BCUT2D eigenvalue weighted by Gasteiger charge is 2.16. The van der Waals surface area contributed by atoms with Crippen LogP contribution in [0.4, 0.5) is 0 Å². The zero-order valence-electron chi connectivity index (χ0n) is 8.63. The average molecular weight is 202 g/mol. The minimum absolute atomic E-state index is 0.240. The Balaban J connectivity index is 2.84. The first-order chi connectivity index (χ1) is 5.94. The Bertz CT molecular complexity index is 286. The molecule has 1 aromatic rings. The molecule has 0 aromatic carbocycles. The van der Waals surface area contributed by atoms with Gasteiger partial charge in [0, 0.05) is 13.5 Å². The van der Waals surface area contributed by atoms with E-state index in [1.54, 1.807) is 0 Å². The molecule has 0 saturated heterocycles. The van der Waals surface area contributed by atoms with E-state index < -0.39 is 0 Å². The van der Waals surface area contributed by atoms with Crippen molar-refractivity contribution in [3.05, 3.63) is 11.6 Å². The highest BCUT2D eigenvalue weighted by molar-refractivity contribution is 6.16. The van der Waals surface area contributed by atoms with Crippen molar-refractivity contribution in [2.24, 2.45) is 12.5 Å². The quantitative estimate of drug-likeness (QED) is 0.687. The van der Waals surface area contributed by atoms with E-state index in [-0.39, 0.29) is 5.41 Å². The standard InChI is InChI=1S/C9H16ClN3/c1-9(2,3)5-7-11-12-8(6-10)13(7)4/h5-6H2,1-4H3. The van der Waals surface area contributed by atoms with Gasteiger partial charge < -0.3 is 4.57 Å². The highest BCUT2D eigenvalue weighted by atomic mass is 35.5. The summed E-state index contributed by atoms with van der Waals surface area (Å²) >= 11 is 5.69. The molecule has 0 N–H and O–H groups in total. The van der Waals surface area contributed by atoms with Crippen LogP contribution in [-0.2, 0) is 19.3 Å². The Hall–Kier alpha value is -0.570. The van der Waals surface area contributed by atoms with Gasteiger partial charge in [0.25, 0.3) is 0 Å². The minimum atomic E-state index is 0.240. The second-order valence-electron chi connectivity index (χ2n) is 4.46. The van der Waals surface area contributed by atoms with E-state index in [1.165, 1.54) is 0 Å². The maximum atomic E-state index is 5.69. The fraction of sp³-hybridized carbons (Fsp3) is 0.778. The van der Waals surface area contributed by atoms with Crippen LogP contribution in [0.2, 0.25) is 0 Å². The van der Waals surface area contributed by atoms with Gasteiger partial charge in [0.2, 0.25) is 0 Å². The van der Waals surface area contributed by atoms with E-state index in [9.17, 15) is 0 Å². The molecule has 13 heavy (non-hydrogen) atoms. The topological polar surface area (TPSA) is 30.7 Å². The van der Waals surface area contributed by atoms with Crippen molar-refractivity contribution in [3.8, 4) is 0 Å². The van der Waals surface area contributed by atoms with Gasteiger partial charge in [-0.2, -0.15) is 0 Å². The molecule has 0 radical (unpaired) electrons. The van der Waals surface area contributed by atoms with E-state index in [4.69, 9.17) is 11.6 Å². The summed E-state index contributed by atoms with van der Waals surface area (Å²) in [5, 5.41) is 8.10. The van der Waals surface area contributed by atoms with Crippen LogP contribution in [0.3, 0.4) is 0 Å². The molecular weight excluding hydrogens is 186 g/mol. The van der Waals surface area contributed by atoms with Crippen molar-refractivity contribution in [2.45, 2.75) is 33.1 Å². The lowest BCUT2D eigenvalue weighted by atomic mass is 9.92. The lowest BCUT2D eigenvalue weighted by Gasteiger charge is -2.16. The second kappa shape index (κ2) is 3.66. The number of alkyl halides is 1. The number of nitrogens with zero attached hydrogens (tertiary/aromatic N) is 3. The summed E-state index contributed by atoms with van der Waals surface area (Å²) in [5.41, 5.74) is 0.240. The zero-order valence-corrected chi connectivity index (χ0v) is 9.39. The van der Waals surface area contributed by atoms with Gasteiger partial charge in [0.1, 0.15) is 11.6 Å². The van der Waals surface area contributed by atoms with Crippen LogP contribution >= 0.6 is 11.6 Å². The Kier molecular flexibility index (Phi) is 2.96. The van der Waals surface area contributed by atoms with Gasteiger partial charge in [-0.3, -0.25) is 0 Å². The van der Waals surface area contributed by atoms with Gasteiger partial charge in [-0.15, -0.1) is 21.8 Å². The third-order valence-corrected chi connectivity index (χ3v) is 2.10. The van der Waals surface area contributed by atoms with Crippen LogP contribution in [0.25, 0.3) is 0 Å². The monoisotopic (exact) mass is 201 g/mol. The SMILES string of the molecule is Cn1c(CCl)nnc1CC(C)(C)C. The minimum Gasteiger partial charge on any atom is -0.317 e. The van der Waals surface area contributed by atoms with Crippen molar-refractivity contribution in [3.63, 3.8) is 0 Å². The van der Waals surface area contributed by atoms with Gasteiger partial charge >= 0.3 is 0 Å². The van der Waals surface area contributed by atoms with Crippen LogP contribution in [0.15, 0.2) is 0 Å². The van der Waals surface area contributed by atoms with Crippen LogP contribution in [0.5, 0.6) is 0 Å². The lowest BCUT2D eigenvalue weighted by Crippen LogP contribution is -2.13. The first-order valence-corrected chi connectivity index (χ1v) is 4.90. The summed E-state index contributed by atoms with van der Waals surface area (Å²) in [6.07, 6.45) is 0.924. The molecule has 0 bridgehead atoms. The highest BCUT2D eigenvalue weighted by Crippen LogP contribution is 2.19. The van der Waals surface area contributed by atoms with E-state index in [0.29, 0.717) is 5.88 Å². The van der Waals surface area contributed by atoms with Gasteiger partial charge in [-0.25, -0.2) is 0 Å². The summed E-state index contributed by atoms with van der Waals surface area (Å²) in [6.45, 7) is 6.55. The second-order valence-corrected chi connectivity index (χ2v) is 4.73. The number of hydrogen-bond acceptors (Lipinski definition) is 2. The molecule has 0 amide bonds. The van der Waals surface area contributed by atoms with Crippen LogP contribution in [0.1, 0.15) is 32.4 Å². The summed E-state index contributed by atoms with van der Waals surface area (Å²) in [4.78, 5) is 0. The normalized spacial score (nSPS) is 12.1. The number of aromatic nitrogens is 3. The Morgan fingerprint density at radius 3 is 2.15 bits per heavy atom. The zero-order chi connectivity index (χ0) is 10.1. The summed E-state index contributed by atoms with van der Waals surface area (Å²) in [5.74, 6) is 2.26. The molecule has 0 atom stereocenters. The predicted octanol–water partition coefficient (Wildman–Crippen LogP) is 2.14. The maximum absolute atomic E-state index is 5.69. The van der Waals surface area contributed by atoms with Crippen LogP contribution in [-0.4, -0.2) is 14.8 Å². The molecule has 0 aliphatic carbocycles. The molecular formula is C9H16ClN3. The molecule has 0 spiro atoms. The first-order valence-electron chi connectivity index (χ1n) is 4.37.